The SMILES string of the molecule is CCOC(=O)Cc1c[n+]([O-])cc2cc(OC)c(OC)cc12. The van der Waals surface area contributed by atoms with Gasteiger partial charge in [0, 0.05) is 10.9 Å². The molecule has 0 aliphatic heterocycles. The first-order valence-electron chi connectivity index (χ1n) is 6.52. The van der Waals surface area contributed by atoms with Crippen LogP contribution in [-0.4, -0.2) is 26.8 Å². The molecule has 0 bridgehead atoms. The van der Waals surface area contributed by atoms with Crippen LogP contribution >= 0.6 is 0 Å². The molecule has 0 N–H and O–H groups in total. The fourth-order valence-corrected chi connectivity index (χ4v) is 2.19. The van der Waals surface area contributed by atoms with Gasteiger partial charge >= 0.3 is 5.97 Å². The first kappa shape index (κ1) is 14.9. The number of aromatic nitrogens is 1. The Kier molecular flexibility index (Phi) is 4.47. The number of fused-ring (bicyclic) bond motifs is 1. The highest BCUT2D eigenvalue weighted by Gasteiger charge is 2.15. The van der Waals surface area contributed by atoms with Crippen LogP contribution in [0.3, 0.4) is 0 Å². The lowest BCUT2D eigenvalue weighted by molar-refractivity contribution is -0.604. The predicted octanol–water partition coefficient (Wildman–Crippen LogP) is 1.60. The van der Waals surface area contributed by atoms with Crippen molar-refractivity contribution in [3.8, 4) is 11.5 Å². The summed E-state index contributed by atoms with van der Waals surface area (Å²) in [4.78, 5) is 11.7. The van der Waals surface area contributed by atoms with Crippen molar-refractivity contribution in [3.63, 3.8) is 0 Å². The maximum absolute atomic E-state index is 11.7. The van der Waals surface area contributed by atoms with Crippen molar-refractivity contribution < 1.29 is 23.7 Å². The second-order valence-corrected chi connectivity index (χ2v) is 4.42. The van der Waals surface area contributed by atoms with E-state index in [0.717, 1.165) is 5.39 Å². The molecule has 1 heterocycles. The van der Waals surface area contributed by atoms with Gasteiger partial charge in [0.25, 0.3) is 0 Å². The molecular formula is C15H17NO5. The summed E-state index contributed by atoms with van der Waals surface area (Å²) in [6.45, 7) is 2.04. The van der Waals surface area contributed by atoms with Gasteiger partial charge in [0.1, 0.15) is 0 Å². The predicted molar refractivity (Wildman–Crippen MR) is 76.3 cm³/mol. The molecule has 0 unspecified atom stereocenters. The number of methoxy groups -OCH3 is 2. The average molecular weight is 291 g/mol. The summed E-state index contributed by atoms with van der Waals surface area (Å²) in [6.07, 6.45) is 2.82. The Bertz CT molecular complexity index is 669. The summed E-state index contributed by atoms with van der Waals surface area (Å²) in [5.41, 5.74) is 0.585. The Morgan fingerprint density at radius 2 is 1.86 bits per heavy atom. The first-order valence-corrected chi connectivity index (χ1v) is 6.52. The largest absolute Gasteiger partial charge is 0.619 e. The number of hydrogen-bond acceptors (Lipinski definition) is 5. The van der Waals surface area contributed by atoms with E-state index in [2.05, 4.69) is 0 Å². The van der Waals surface area contributed by atoms with E-state index in [-0.39, 0.29) is 12.4 Å². The number of nitrogens with zero attached hydrogens (tertiary/aromatic N) is 1. The number of pyridine rings is 1. The number of ether oxygens (including phenoxy) is 3. The first-order chi connectivity index (χ1) is 10.1. The summed E-state index contributed by atoms with van der Waals surface area (Å²) in [5.74, 6) is 0.692. The zero-order chi connectivity index (χ0) is 15.4. The van der Waals surface area contributed by atoms with Gasteiger partial charge in [0.05, 0.1) is 32.6 Å². The van der Waals surface area contributed by atoms with Gasteiger partial charge in [-0.2, -0.15) is 4.73 Å². The minimum atomic E-state index is -0.375. The highest BCUT2D eigenvalue weighted by atomic mass is 16.5. The van der Waals surface area contributed by atoms with Gasteiger partial charge < -0.3 is 19.4 Å². The maximum atomic E-state index is 11.7. The fraction of sp³-hybridized carbons (Fsp3) is 0.333. The van der Waals surface area contributed by atoms with Gasteiger partial charge in [-0.1, -0.05) is 0 Å². The molecule has 6 heteroatoms. The lowest BCUT2D eigenvalue weighted by Crippen LogP contribution is -2.26. The van der Waals surface area contributed by atoms with Crippen LogP contribution in [0.4, 0.5) is 0 Å². The van der Waals surface area contributed by atoms with E-state index in [1.165, 1.54) is 26.6 Å². The molecule has 0 fully saturated rings. The minimum absolute atomic E-state index is 0.0307. The fourth-order valence-electron chi connectivity index (χ4n) is 2.19. The highest BCUT2D eigenvalue weighted by molar-refractivity contribution is 5.90. The highest BCUT2D eigenvalue weighted by Crippen LogP contribution is 2.33. The molecule has 0 aliphatic rings. The number of benzene rings is 1. The molecule has 1 aromatic carbocycles. The molecule has 0 aliphatic carbocycles. The lowest BCUT2D eigenvalue weighted by Gasteiger charge is -2.11. The maximum Gasteiger partial charge on any atom is 0.310 e. The third-order valence-electron chi connectivity index (χ3n) is 3.09. The van der Waals surface area contributed by atoms with Crippen molar-refractivity contribution in [2.45, 2.75) is 13.3 Å². The third-order valence-corrected chi connectivity index (χ3v) is 3.09. The van der Waals surface area contributed by atoms with Crippen LogP contribution < -0.4 is 14.2 Å². The van der Waals surface area contributed by atoms with Gasteiger partial charge in [-0.05, 0) is 19.1 Å². The van der Waals surface area contributed by atoms with E-state index >= 15 is 0 Å². The molecule has 0 saturated carbocycles. The molecule has 0 radical (unpaired) electrons. The van der Waals surface area contributed by atoms with Crippen LogP contribution in [-0.2, 0) is 16.0 Å². The smallest absolute Gasteiger partial charge is 0.310 e. The van der Waals surface area contributed by atoms with Crippen molar-refractivity contribution in [3.05, 3.63) is 35.3 Å². The van der Waals surface area contributed by atoms with Crippen LogP contribution in [0, 0.1) is 5.21 Å². The van der Waals surface area contributed by atoms with Crippen molar-refractivity contribution in [1.82, 2.24) is 0 Å². The van der Waals surface area contributed by atoms with Gasteiger partial charge in [-0.15, -0.1) is 0 Å². The van der Waals surface area contributed by atoms with Gasteiger partial charge in [-0.3, -0.25) is 4.79 Å². The van der Waals surface area contributed by atoms with E-state index in [4.69, 9.17) is 14.2 Å². The van der Waals surface area contributed by atoms with E-state index in [1.54, 1.807) is 19.1 Å². The minimum Gasteiger partial charge on any atom is -0.619 e. The molecular weight excluding hydrogens is 274 g/mol. The van der Waals surface area contributed by atoms with Crippen LogP contribution in [0.1, 0.15) is 12.5 Å². The van der Waals surface area contributed by atoms with Crippen molar-refractivity contribution in [2.75, 3.05) is 20.8 Å². The molecule has 112 valence electrons. The van der Waals surface area contributed by atoms with Crippen molar-refractivity contribution >= 4 is 16.7 Å². The van der Waals surface area contributed by atoms with E-state index in [9.17, 15) is 10.0 Å². The second-order valence-electron chi connectivity index (χ2n) is 4.42. The molecule has 6 nitrogen and oxygen atoms in total. The van der Waals surface area contributed by atoms with Crippen LogP contribution in [0.15, 0.2) is 24.5 Å². The monoisotopic (exact) mass is 291 g/mol. The normalized spacial score (nSPS) is 10.4. The molecule has 2 rings (SSSR count). The molecule has 0 spiro atoms. The topological polar surface area (TPSA) is 71.7 Å². The molecule has 2 aromatic rings. The number of esters is 1. The van der Waals surface area contributed by atoms with E-state index in [0.29, 0.717) is 33.8 Å². The summed E-state index contributed by atoms with van der Waals surface area (Å²) >= 11 is 0. The van der Waals surface area contributed by atoms with Gasteiger partial charge in [0.2, 0.25) is 0 Å². The molecule has 0 amide bonds. The summed E-state index contributed by atoms with van der Waals surface area (Å²) in [6, 6.07) is 3.46. The Hall–Kier alpha value is -2.50. The second kappa shape index (κ2) is 6.30. The number of carbonyl (C=O) groups is 1. The van der Waals surface area contributed by atoms with E-state index in [1.807, 2.05) is 0 Å². The molecule has 1 aromatic heterocycles. The van der Waals surface area contributed by atoms with Crippen molar-refractivity contribution in [1.29, 1.82) is 0 Å². The number of rotatable bonds is 5. The quantitative estimate of drug-likeness (QED) is 0.475. The zero-order valence-electron chi connectivity index (χ0n) is 12.2. The molecule has 21 heavy (non-hydrogen) atoms. The van der Waals surface area contributed by atoms with Crippen LogP contribution in [0.2, 0.25) is 0 Å². The van der Waals surface area contributed by atoms with Crippen LogP contribution in [0.5, 0.6) is 11.5 Å². The lowest BCUT2D eigenvalue weighted by atomic mass is 10.0. The van der Waals surface area contributed by atoms with Gasteiger partial charge in [0.15, 0.2) is 23.9 Å². The number of carbonyl (C=O) groups excluding carboxylic acids is 1. The Balaban J connectivity index is 2.56. The van der Waals surface area contributed by atoms with Crippen LogP contribution in [0.25, 0.3) is 10.8 Å². The summed E-state index contributed by atoms with van der Waals surface area (Å²) < 4.78 is 16.1. The van der Waals surface area contributed by atoms with Crippen molar-refractivity contribution in [2.24, 2.45) is 0 Å². The standard InChI is InChI=1S/C15H17NO5/c1-4-21-15(17)6-11-9-16(18)8-10-5-13(19-2)14(20-3)7-12(10)11/h5,7-9H,4,6H2,1-3H3. The summed E-state index contributed by atoms with van der Waals surface area (Å²) in [7, 11) is 3.06. The Labute approximate surface area is 122 Å². The van der Waals surface area contributed by atoms with E-state index < -0.39 is 0 Å². The molecule has 0 atom stereocenters. The summed E-state index contributed by atoms with van der Waals surface area (Å²) in [5, 5.41) is 13.1. The average Bonchev–Trinajstić information content (AvgIpc) is 2.46. The zero-order valence-corrected chi connectivity index (χ0v) is 12.2. The van der Waals surface area contributed by atoms with Gasteiger partial charge in [-0.25, -0.2) is 0 Å². The Morgan fingerprint density at radius 3 is 2.48 bits per heavy atom. The number of hydrogen-bond donors (Lipinski definition) is 0. The Morgan fingerprint density at radius 1 is 1.19 bits per heavy atom. The third kappa shape index (κ3) is 3.16. The molecule has 0 saturated heterocycles.